The minimum Gasteiger partial charge on any atom is -0.462 e. The maximum Gasteiger partial charge on any atom is 0.341 e. The fourth-order valence-electron chi connectivity index (χ4n) is 1.62. The van der Waals surface area contributed by atoms with E-state index in [-0.39, 0.29) is 6.61 Å². The molecular weight excluding hydrogens is 270 g/mol. The van der Waals surface area contributed by atoms with Crippen LogP contribution in [0, 0.1) is 0 Å². The maximum absolute atomic E-state index is 11.7. The normalized spacial score (nSPS) is 11.5. The van der Waals surface area contributed by atoms with Crippen molar-refractivity contribution in [2.24, 2.45) is 0 Å². The molecule has 2 rings (SSSR count). The van der Waals surface area contributed by atoms with Crippen LogP contribution in [0.15, 0.2) is 24.5 Å². The molecule has 8 heteroatoms. The van der Waals surface area contributed by atoms with Crippen molar-refractivity contribution < 1.29 is 17.9 Å². The van der Waals surface area contributed by atoms with E-state index >= 15 is 0 Å². The van der Waals surface area contributed by atoms with E-state index in [0.717, 1.165) is 6.26 Å². The number of sulfonamides is 1. The van der Waals surface area contributed by atoms with Crippen molar-refractivity contribution in [3.05, 3.63) is 30.1 Å². The molecule has 0 amide bonds. The highest BCUT2D eigenvalue weighted by Crippen LogP contribution is 2.17. The average Bonchev–Trinajstić information content (AvgIpc) is 2.70. The third-order valence-electron chi connectivity index (χ3n) is 2.32. The van der Waals surface area contributed by atoms with Crippen molar-refractivity contribution in [3.8, 4) is 0 Å². The Labute approximate surface area is 110 Å². The Balaban J connectivity index is 2.45. The predicted octanol–water partition coefficient (Wildman–Crippen LogP) is 0.883. The number of aromatic nitrogens is 2. The number of carbonyl (C=O) groups excluding carboxylic acids is 1. The summed E-state index contributed by atoms with van der Waals surface area (Å²) in [6.07, 6.45) is 4.00. The lowest BCUT2D eigenvalue weighted by molar-refractivity contribution is 0.0528. The molecule has 1 N–H and O–H groups in total. The number of esters is 1. The van der Waals surface area contributed by atoms with Crippen LogP contribution in [0.25, 0.3) is 5.52 Å². The van der Waals surface area contributed by atoms with Crippen LogP contribution in [0.1, 0.15) is 17.3 Å². The molecule has 0 atom stereocenters. The van der Waals surface area contributed by atoms with Gasteiger partial charge in [-0.15, -0.1) is 0 Å². The van der Waals surface area contributed by atoms with Gasteiger partial charge in [-0.2, -0.15) is 5.10 Å². The first-order valence-corrected chi connectivity index (χ1v) is 7.42. The van der Waals surface area contributed by atoms with E-state index in [2.05, 4.69) is 9.82 Å². The molecule has 0 unspecified atom stereocenters. The van der Waals surface area contributed by atoms with Gasteiger partial charge in [0.15, 0.2) is 0 Å². The van der Waals surface area contributed by atoms with E-state index in [1.165, 1.54) is 16.8 Å². The van der Waals surface area contributed by atoms with Crippen molar-refractivity contribution in [1.29, 1.82) is 0 Å². The lowest BCUT2D eigenvalue weighted by Gasteiger charge is -2.05. The molecule has 2 aromatic rings. The zero-order valence-corrected chi connectivity index (χ0v) is 11.3. The van der Waals surface area contributed by atoms with E-state index in [1.807, 2.05) is 0 Å². The van der Waals surface area contributed by atoms with Crippen LogP contribution < -0.4 is 4.72 Å². The van der Waals surface area contributed by atoms with Gasteiger partial charge in [0.2, 0.25) is 10.0 Å². The molecule has 0 spiro atoms. The number of fused-ring (bicyclic) bond motifs is 1. The molecule has 0 fully saturated rings. The van der Waals surface area contributed by atoms with Crippen molar-refractivity contribution >= 4 is 27.2 Å². The lowest BCUT2D eigenvalue weighted by atomic mass is 10.2. The first kappa shape index (κ1) is 13.3. The molecule has 19 heavy (non-hydrogen) atoms. The monoisotopic (exact) mass is 283 g/mol. The molecule has 2 heterocycles. The molecule has 7 nitrogen and oxygen atoms in total. The smallest absolute Gasteiger partial charge is 0.341 e. The highest BCUT2D eigenvalue weighted by molar-refractivity contribution is 7.92. The minimum absolute atomic E-state index is 0.261. The van der Waals surface area contributed by atoms with E-state index in [0.29, 0.717) is 16.8 Å². The van der Waals surface area contributed by atoms with Gasteiger partial charge in [-0.05, 0) is 19.1 Å². The Kier molecular flexibility index (Phi) is 3.43. The van der Waals surface area contributed by atoms with Gasteiger partial charge in [-0.3, -0.25) is 4.72 Å². The van der Waals surface area contributed by atoms with Gasteiger partial charge in [0.05, 0.1) is 30.3 Å². The summed E-state index contributed by atoms with van der Waals surface area (Å²) in [7, 11) is -3.37. The lowest BCUT2D eigenvalue weighted by Crippen LogP contribution is -2.10. The SMILES string of the molecule is CCOC(=O)c1cnn2ccc(NS(C)(=O)=O)cc12. The second kappa shape index (κ2) is 4.88. The highest BCUT2D eigenvalue weighted by Gasteiger charge is 2.14. The van der Waals surface area contributed by atoms with Gasteiger partial charge in [0.1, 0.15) is 5.56 Å². The molecule has 102 valence electrons. The average molecular weight is 283 g/mol. The molecule has 0 aliphatic carbocycles. The maximum atomic E-state index is 11.7. The third-order valence-corrected chi connectivity index (χ3v) is 2.93. The molecule has 0 radical (unpaired) electrons. The van der Waals surface area contributed by atoms with Gasteiger partial charge < -0.3 is 4.74 Å². The van der Waals surface area contributed by atoms with Crippen molar-refractivity contribution in [2.45, 2.75) is 6.92 Å². The van der Waals surface area contributed by atoms with E-state index in [1.54, 1.807) is 19.2 Å². The van der Waals surface area contributed by atoms with E-state index in [9.17, 15) is 13.2 Å². The molecule has 2 aromatic heterocycles. The number of nitrogens with one attached hydrogen (secondary N) is 1. The van der Waals surface area contributed by atoms with E-state index < -0.39 is 16.0 Å². The van der Waals surface area contributed by atoms with Crippen molar-refractivity contribution in [3.63, 3.8) is 0 Å². The Morgan fingerprint density at radius 3 is 2.89 bits per heavy atom. The summed E-state index contributed by atoms with van der Waals surface area (Å²) in [6.45, 7) is 1.97. The van der Waals surface area contributed by atoms with Gasteiger partial charge in [0.25, 0.3) is 0 Å². The summed E-state index contributed by atoms with van der Waals surface area (Å²) in [5.74, 6) is -0.492. The van der Waals surface area contributed by atoms with Crippen LogP contribution in [-0.2, 0) is 14.8 Å². The second-order valence-corrected chi connectivity index (χ2v) is 5.65. The molecule has 0 aliphatic heterocycles. The Morgan fingerprint density at radius 1 is 1.53 bits per heavy atom. The number of ether oxygens (including phenoxy) is 1. The van der Waals surface area contributed by atoms with Crippen LogP contribution >= 0.6 is 0 Å². The molecule has 0 aromatic carbocycles. The minimum atomic E-state index is -3.37. The largest absolute Gasteiger partial charge is 0.462 e. The van der Waals surface area contributed by atoms with Gasteiger partial charge in [0, 0.05) is 6.20 Å². The molecule has 0 bridgehead atoms. The van der Waals surface area contributed by atoms with Crippen LogP contribution in [0.5, 0.6) is 0 Å². The Morgan fingerprint density at radius 2 is 2.26 bits per heavy atom. The summed E-state index contributed by atoms with van der Waals surface area (Å²) in [6, 6.07) is 3.08. The molecule has 0 saturated carbocycles. The zero-order chi connectivity index (χ0) is 14.0. The Bertz CT molecular complexity index is 721. The first-order chi connectivity index (χ1) is 8.90. The van der Waals surface area contributed by atoms with E-state index in [4.69, 9.17) is 4.74 Å². The van der Waals surface area contributed by atoms with Gasteiger partial charge >= 0.3 is 5.97 Å². The standard InChI is InChI=1S/C11H13N3O4S/c1-3-18-11(15)9-7-12-14-5-4-8(6-10(9)14)13-19(2,16)17/h4-7,13H,3H2,1-2H3. The number of nitrogens with zero attached hydrogens (tertiary/aromatic N) is 2. The number of rotatable bonds is 4. The molecular formula is C11H13N3O4S. The summed E-state index contributed by atoms with van der Waals surface area (Å²) in [4.78, 5) is 11.7. The molecule has 0 aliphatic rings. The number of hydrogen-bond acceptors (Lipinski definition) is 5. The summed E-state index contributed by atoms with van der Waals surface area (Å²) < 4.78 is 31.1. The second-order valence-electron chi connectivity index (χ2n) is 3.90. The van der Waals surface area contributed by atoms with Crippen molar-refractivity contribution in [1.82, 2.24) is 9.61 Å². The number of pyridine rings is 1. The van der Waals surface area contributed by atoms with Crippen LogP contribution in [-0.4, -0.2) is 36.9 Å². The number of carbonyl (C=O) groups is 1. The predicted molar refractivity (Wildman–Crippen MR) is 69.6 cm³/mol. The third kappa shape index (κ3) is 3.02. The zero-order valence-electron chi connectivity index (χ0n) is 10.5. The number of anilines is 1. The quantitative estimate of drug-likeness (QED) is 0.841. The highest BCUT2D eigenvalue weighted by atomic mass is 32.2. The first-order valence-electron chi connectivity index (χ1n) is 5.53. The van der Waals surface area contributed by atoms with Gasteiger partial charge in [-0.25, -0.2) is 17.7 Å². The summed E-state index contributed by atoms with van der Waals surface area (Å²) in [5.41, 5.74) is 1.13. The van der Waals surface area contributed by atoms with Crippen molar-refractivity contribution in [2.75, 3.05) is 17.6 Å². The summed E-state index contributed by atoms with van der Waals surface area (Å²) in [5, 5.41) is 4.00. The summed E-state index contributed by atoms with van der Waals surface area (Å²) >= 11 is 0. The van der Waals surface area contributed by atoms with Crippen LogP contribution in [0.3, 0.4) is 0 Å². The topological polar surface area (TPSA) is 89.8 Å². The Hall–Kier alpha value is -2.09. The fourth-order valence-corrected chi connectivity index (χ4v) is 2.18. The van der Waals surface area contributed by atoms with Crippen LogP contribution in [0.2, 0.25) is 0 Å². The molecule has 0 saturated heterocycles. The van der Waals surface area contributed by atoms with Gasteiger partial charge in [-0.1, -0.05) is 0 Å². The van der Waals surface area contributed by atoms with Crippen LogP contribution in [0.4, 0.5) is 5.69 Å². The fraction of sp³-hybridized carbons (Fsp3) is 0.273. The number of hydrogen-bond donors (Lipinski definition) is 1.